The van der Waals surface area contributed by atoms with Crippen molar-refractivity contribution >= 4 is 23.7 Å². The Balaban J connectivity index is 1.36. The average Bonchev–Trinajstić information content (AvgIpc) is 3.24. The number of hydrogen-bond acceptors (Lipinski definition) is 6. The number of halogens is 1. The fraction of sp³-hybridized carbons (Fsp3) is 0.346. The van der Waals surface area contributed by atoms with Crippen LogP contribution in [0.4, 0.5) is 5.82 Å². The van der Waals surface area contributed by atoms with Gasteiger partial charge in [0.15, 0.2) is 0 Å². The number of nitrogens with zero attached hydrogens (tertiary/aromatic N) is 3. The second-order valence-electron chi connectivity index (χ2n) is 8.23. The largest absolute Gasteiger partial charge is 0.497 e. The molecule has 0 radical (unpaired) electrons. The molecule has 0 unspecified atom stereocenters. The van der Waals surface area contributed by atoms with Crippen LogP contribution in [0.3, 0.4) is 0 Å². The number of aryl methyl sites for hydroxylation is 1. The monoisotopic (exact) mass is 465 g/mol. The van der Waals surface area contributed by atoms with E-state index in [2.05, 4.69) is 27.0 Å². The van der Waals surface area contributed by atoms with E-state index in [0.29, 0.717) is 18.9 Å². The van der Waals surface area contributed by atoms with E-state index in [0.717, 1.165) is 60.5 Å². The average molecular weight is 466 g/mol. The molecule has 7 heteroatoms. The third-order valence-electron chi connectivity index (χ3n) is 6.11. The molecule has 0 N–H and O–H groups in total. The molecule has 1 aliphatic carbocycles. The molecule has 1 aliphatic rings. The number of aromatic nitrogens is 2. The first-order chi connectivity index (χ1) is 16.1. The third kappa shape index (κ3) is 5.45. The number of rotatable bonds is 10. The van der Waals surface area contributed by atoms with Crippen LogP contribution in [0, 0.1) is 0 Å². The molecule has 0 saturated heterocycles. The van der Waals surface area contributed by atoms with Crippen LogP contribution in [-0.2, 0) is 11.2 Å². The topological polar surface area (TPSA) is 64.6 Å². The molecule has 172 valence electrons. The standard InChI is InChI=1S/C26H28ClN3O3/c1-30(25-24(17-28-26(27)29-25)18-6-8-21(32-2)9-7-18)13-3-15-33-22-10-11-23-19(12-14-31)4-5-20(23)16-22/h6-11,14,16-17,19H,3-5,12-13,15H2,1-2H3/t19-/m0/s1. The molecule has 3 aromatic rings. The van der Waals surface area contributed by atoms with Gasteiger partial charge in [-0.25, -0.2) is 4.98 Å². The Labute approximate surface area is 199 Å². The zero-order valence-corrected chi connectivity index (χ0v) is 19.7. The summed E-state index contributed by atoms with van der Waals surface area (Å²) in [5.74, 6) is 2.82. The summed E-state index contributed by atoms with van der Waals surface area (Å²) in [4.78, 5) is 21.6. The molecule has 0 bridgehead atoms. The summed E-state index contributed by atoms with van der Waals surface area (Å²) in [6.07, 6.45) is 6.25. The van der Waals surface area contributed by atoms with Crippen molar-refractivity contribution in [1.29, 1.82) is 0 Å². The zero-order chi connectivity index (χ0) is 23.2. The van der Waals surface area contributed by atoms with E-state index in [4.69, 9.17) is 21.1 Å². The molecular weight excluding hydrogens is 438 g/mol. The maximum absolute atomic E-state index is 10.9. The number of ether oxygens (including phenoxy) is 2. The van der Waals surface area contributed by atoms with E-state index < -0.39 is 0 Å². The van der Waals surface area contributed by atoms with Gasteiger partial charge in [-0.3, -0.25) is 0 Å². The van der Waals surface area contributed by atoms with Gasteiger partial charge in [-0.05, 0) is 77.7 Å². The second kappa shape index (κ2) is 10.7. The molecular formula is C26H28ClN3O3. The summed E-state index contributed by atoms with van der Waals surface area (Å²) in [5, 5.41) is 0.219. The second-order valence-corrected chi connectivity index (χ2v) is 8.57. The van der Waals surface area contributed by atoms with Gasteiger partial charge in [0.1, 0.15) is 23.6 Å². The lowest BCUT2D eigenvalue weighted by Gasteiger charge is -2.21. The van der Waals surface area contributed by atoms with Crippen molar-refractivity contribution in [2.45, 2.75) is 31.6 Å². The molecule has 6 nitrogen and oxygen atoms in total. The summed E-state index contributed by atoms with van der Waals surface area (Å²) >= 11 is 6.10. The maximum atomic E-state index is 10.9. The molecule has 2 aromatic carbocycles. The van der Waals surface area contributed by atoms with E-state index in [9.17, 15) is 4.79 Å². The van der Waals surface area contributed by atoms with E-state index in [-0.39, 0.29) is 5.28 Å². The summed E-state index contributed by atoms with van der Waals surface area (Å²) in [5.41, 5.74) is 4.50. The van der Waals surface area contributed by atoms with Crippen LogP contribution < -0.4 is 14.4 Å². The van der Waals surface area contributed by atoms with Crippen LogP contribution in [0.5, 0.6) is 11.5 Å². The van der Waals surface area contributed by atoms with Crippen molar-refractivity contribution in [2.24, 2.45) is 0 Å². The lowest BCUT2D eigenvalue weighted by molar-refractivity contribution is -0.108. The Hall–Kier alpha value is -3.12. The smallest absolute Gasteiger partial charge is 0.224 e. The van der Waals surface area contributed by atoms with Crippen LogP contribution in [0.15, 0.2) is 48.7 Å². The highest BCUT2D eigenvalue weighted by molar-refractivity contribution is 6.28. The number of carbonyl (C=O) groups excluding carboxylic acids is 1. The summed E-state index contributed by atoms with van der Waals surface area (Å²) in [6, 6.07) is 14.0. The Morgan fingerprint density at radius 1 is 1.18 bits per heavy atom. The minimum absolute atomic E-state index is 0.219. The van der Waals surface area contributed by atoms with Gasteiger partial charge in [0, 0.05) is 31.8 Å². The summed E-state index contributed by atoms with van der Waals surface area (Å²) in [7, 11) is 3.64. The first-order valence-electron chi connectivity index (χ1n) is 11.2. The fourth-order valence-corrected chi connectivity index (χ4v) is 4.48. The minimum atomic E-state index is 0.219. The van der Waals surface area contributed by atoms with Crippen LogP contribution in [-0.4, -0.2) is 43.6 Å². The predicted octanol–water partition coefficient (Wildman–Crippen LogP) is 5.33. The SMILES string of the molecule is COc1ccc(-c2cnc(Cl)nc2N(C)CCCOc2ccc3c(c2)CC[C@H]3CC=O)cc1. The van der Waals surface area contributed by atoms with Gasteiger partial charge in [0.05, 0.1) is 13.7 Å². The van der Waals surface area contributed by atoms with E-state index >= 15 is 0 Å². The van der Waals surface area contributed by atoms with Gasteiger partial charge >= 0.3 is 0 Å². The molecule has 0 amide bonds. The van der Waals surface area contributed by atoms with Gasteiger partial charge in [0.25, 0.3) is 0 Å². The first-order valence-corrected chi connectivity index (χ1v) is 11.5. The van der Waals surface area contributed by atoms with Gasteiger partial charge in [0.2, 0.25) is 5.28 Å². The number of benzene rings is 2. The molecule has 1 atom stereocenters. The number of aldehydes is 1. The van der Waals surface area contributed by atoms with E-state index in [1.165, 1.54) is 11.1 Å². The van der Waals surface area contributed by atoms with Crippen LogP contribution in [0.2, 0.25) is 5.28 Å². The number of methoxy groups -OCH3 is 1. The quantitative estimate of drug-likeness (QED) is 0.229. The van der Waals surface area contributed by atoms with Gasteiger partial charge in [-0.15, -0.1) is 0 Å². The summed E-state index contributed by atoms with van der Waals surface area (Å²) in [6.45, 7) is 1.35. The Morgan fingerprint density at radius 2 is 1.97 bits per heavy atom. The Morgan fingerprint density at radius 3 is 2.73 bits per heavy atom. The molecule has 0 fully saturated rings. The van der Waals surface area contributed by atoms with Crippen molar-refractivity contribution < 1.29 is 14.3 Å². The van der Waals surface area contributed by atoms with Crippen LogP contribution in [0.25, 0.3) is 11.1 Å². The van der Waals surface area contributed by atoms with Crippen molar-refractivity contribution in [3.05, 3.63) is 65.1 Å². The molecule has 0 spiro atoms. The molecule has 33 heavy (non-hydrogen) atoms. The molecule has 0 saturated carbocycles. The Kier molecular flexibility index (Phi) is 7.45. The van der Waals surface area contributed by atoms with Crippen molar-refractivity contribution in [2.75, 3.05) is 32.2 Å². The van der Waals surface area contributed by atoms with E-state index in [1.807, 2.05) is 37.4 Å². The number of fused-ring (bicyclic) bond motifs is 1. The lowest BCUT2D eigenvalue weighted by Crippen LogP contribution is -2.22. The van der Waals surface area contributed by atoms with Crippen LogP contribution >= 0.6 is 11.6 Å². The number of hydrogen-bond donors (Lipinski definition) is 0. The highest BCUT2D eigenvalue weighted by Gasteiger charge is 2.22. The highest BCUT2D eigenvalue weighted by Crippen LogP contribution is 2.37. The number of carbonyl (C=O) groups is 1. The predicted molar refractivity (Wildman–Crippen MR) is 131 cm³/mol. The van der Waals surface area contributed by atoms with Gasteiger partial charge in [-0.1, -0.05) is 18.2 Å². The Bertz CT molecular complexity index is 1100. The van der Waals surface area contributed by atoms with E-state index in [1.54, 1.807) is 13.3 Å². The third-order valence-corrected chi connectivity index (χ3v) is 6.29. The molecule has 1 heterocycles. The van der Waals surface area contributed by atoms with Crippen LogP contribution in [0.1, 0.15) is 36.3 Å². The fourth-order valence-electron chi connectivity index (χ4n) is 4.35. The van der Waals surface area contributed by atoms with Gasteiger partial charge < -0.3 is 19.2 Å². The van der Waals surface area contributed by atoms with Crippen molar-refractivity contribution in [3.63, 3.8) is 0 Å². The van der Waals surface area contributed by atoms with Crippen molar-refractivity contribution in [1.82, 2.24) is 9.97 Å². The minimum Gasteiger partial charge on any atom is -0.497 e. The maximum Gasteiger partial charge on any atom is 0.224 e. The van der Waals surface area contributed by atoms with Crippen molar-refractivity contribution in [3.8, 4) is 22.6 Å². The summed E-state index contributed by atoms with van der Waals surface area (Å²) < 4.78 is 11.3. The number of anilines is 1. The lowest BCUT2D eigenvalue weighted by atomic mass is 9.99. The highest BCUT2D eigenvalue weighted by atomic mass is 35.5. The zero-order valence-electron chi connectivity index (χ0n) is 19.0. The van der Waals surface area contributed by atoms with Gasteiger partial charge in [-0.2, -0.15) is 4.98 Å². The molecule has 4 rings (SSSR count). The normalized spacial score (nSPS) is 14.6. The molecule has 1 aromatic heterocycles. The molecule has 0 aliphatic heterocycles. The first kappa shape index (κ1) is 23.1.